The highest BCUT2D eigenvalue weighted by Gasteiger charge is 2.40. The standard InChI is InChI=1S/C24H20/c1-2-10-17(9-1)21-22(18-11-3-4-12-18)24(20-15-7-8-16-20)23(21)19-13-5-6-14-19/h1-20H. The van der Waals surface area contributed by atoms with Gasteiger partial charge in [0.2, 0.25) is 0 Å². The Labute approximate surface area is 143 Å². The van der Waals surface area contributed by atoms with E-state index < -0.39 is 0 Å². The molecule has 0 aliphatic heterocycles. The lowest BCUT2D eigenvalue weighted by atomic mass is 9.63. The van der Waals surface area contributed by atoms with Crippen molar-refractivity contribution in [1.29, 1.82) is 0 Å². The van der Waals surface area contributed by atoms with Crippen molar-refractivity contribution in [2.24, 2.45) is 23.7 Å². The summed E-state index contributed by atoms with van der Waals surface area (Å²) >= 11 is 0. The van der Waals surface area contributed by atoms with Crippen LogP contribution in [0.15, 0.2) is 120 Å². The van der Waals surface area contributed by atoms with Crippen molar-refractivity contribution in [1.82, 2.24) is 0 Å². The van der Waals surface area contributed by atoms with Crippen LogP contribution in [0.3, 0.4) is 0 Å². The fraction of sp³-hybridized carbons (Fsp3) is 0.167. The molecule has 0 saturated carbocycles. The Morgan fingerprint density at radius 2 is 0.458 bits per heavy atom. The van der Waals surface area contributed by atoms with Crippen LogP contribution in [0.25, 0.3) is 0 Å². The minimum absolute atomic E-state index is 0.429. The average Bonchev–Trinajstić information content (AvgIpc) is 3.37. The Morgan fingerprint density at radius 3 is 0.625 bits per heavy atom. The first-order valence-electron chi connectivity index (χ1n) is 8.82. The summed E-state index contributed by atoms with van der Waals surface area (Å²) in [5, 5.41) is 0. The number of rotatable bonds is 4. The number of hydrogen-bond acceptors (Lipinski definition) is 0. The maximum atomic E-state index is 2.33. The zero-order valence-electron chi connectivity index (χ0n) is 13.5. The molecule has 0 amide bonds. The van der Waals surface area contributed by atoms with Gasteiger partial charge in [-0.25, -0.2) is 0 Å². The molecular weight excluding hydrogens is 288 g/mol. The van der Waals surface area contributed by atoms with Crippen molar-refractivity contribution < 1.29 is 0 Å². The van der Waals surface area contributed by atoms with E-state index in [0.29, 0.717) is 23.7 Å². The van der Waals surface area contributed by atoms with Crippen LogP contribution in [0.1, 0.15) is 0 Å². The van der Waals surface area contributed by atoms with Crippen molar-refractivity contribution in [3.8, 4) is 0 Å². The molecule has 5 rings (SSSR count). The van der Waals surface area contributed by atoms with Crippen molar-refractivity contribution in [2.75, 3.05) is 0 Å². The second-order valence-corrected chi connectivity index (χ2v) is 6.84. The first kappa shape index (κ1) is 13.8. The van der Waals surface area contributed by atoms with Crippen molar-refractivity contribution in [3.63, 3.8) is 0 Å². The Morgan fingerprint density at radius 1 is 0.292 bits per heavy atom. The van der Waals surface area contributed by atoms with E-state index in [1.165, 1.54) is 0 Å². The fourth-order valence-electron chi connectivity index (χ4n) is 4.45. The molecule has 0 heterocycles. The van der Waals surface area contributed by atoms with Gasteiger partial charge in [0.05, 0.1) is 0 Å². The molecule has 0 unspecified atom stereocenters. The summed E-state index contributed by atoms with van der Waals surface area (Å²) in [6.45, 7) is 0. The highest BCUT2D eigenvalue weighted by atomic mass is 14.4. The Bertz CT molecular complexity index is 666. The monoisotopic (exact) mass is 308 g/mol. The van der Waals surface area contributed by atoms with Gasteiger partial charge in [-0.15, -0.1) is 0 Å². The summed E-state index contributed by atoms with van der Waals surface area (Å²) < 4.78 is 0. The van der Waals surface area contributed by atoms with Crippen LogP contribution >= 0.6 is 0 Å². The molecule has 116 valence electrons. The van der Waals surface area contributed by atoms with E-state index in [1.807, 2.05) is 0 Å². The normalized spacial score (nSPS) is 25.7. The molecule has 5 aliphatic rings. The minimum atomic E-state index is 0.429. The van der Waals surface area contributed by atoms with Gasteiger partial charge in [0.1, 0.15) is 0 Å². The van der Waals surface area contributed by atoms with Crippen LogP contribution in [0.4, 0.5) is 0 Å². The topological polar surface area (TPSA) is 0 Å². The van der Waals surface area contributed by atoms with E-state index >= 15 is 0 Å². The van der Waals surface area contributed by atoms with Gasteiger partial charge in [0, 0.05) is 23.7 Å². The fourth-order valence-corrected chi connectivity index (χ4v) is 4.45. The van der Waals surface area contributed by atoms with Crippen LogP contribution in [0, 0.1) is 23.7 Å². The molecule has 0 spiro atoms. The van der Waals surface area contributed by atoms with Gasteiger partial charge in [0.15, 0.2) is 0 Å². The van der Waals surface area contributed by atoms with E-state index in [1.54, 1.807) is 22.3 Å². The molecule has 0 N–H and O–H groups in total. The SMILES string of the molecule is C1=CC(C2=C(C3C=CC=C3)C(C3C=CC=C3)=C2C2C=CC=C2)C=C1. The van der Waals surface area contributed by atoms with Crippen molar-refractivity contribution >= 4 is 0 Å². The average molecular weight is 308 g/mol. The molecule has 0 aromatic heterocycles. The largest absolute Gasteiger partial charge is 0.0732 e. The Hall–Kier alpha value is -2.60. The maximum absolute atomic E-state index is 2.33. The first-order valence-corrected chi connectivity index (χ1v) is 8.82. The molecule has 5 aliphatic carbocycles. The smallest absolute Gasteiger partial charge is 0.0211 e. The summed E-state index contributed by atoms with van der Waals surface area (Å²) in [6, 6.07) is 0. The third-order valence-corrected chi connectivity index (χ3v) is 5.49. The summed E-state index contributed by atoms with van der Waals surface area (Å²) in [5.41, 5.74) is 6.19. The highest BCUT2D eigenvalue weighted by molar-refractivity contribution is 5.70. The molecule has 24 heavy (non-hydrogen) atoms. The van der Waals surface area contributed by atoms with Crippen LogP contribution in [-0.2, 0) is 0 Å². The van der Waals surface area contributed by atoms with Crippen molar-refractivity contribution in [2.45, 2.75) is 0 Å². The molecule has 0 aromatic rings. The van der Waals surface area contributed by atoms with Gasteiger partial charge in [-0.05, 0) is 22.3 Å². The van der Waals surface area contributed by atoms with E-state index in [2.05, 4.69) is 97.2 Å². The van der Waals surface area contributed by atoms with Gasteiger partial charge in [-0.3, -0.25) is 0 Å². The van der Waals surface area contributed by atoms with E-state index in [9.17, 15) is 0 Å². The summed E-state index contributed by atoms with van der Waals surface area (Å²) in [7, 11) is 0. The van der Waals surface area contributed by atoms with E-state index in [-0.39, 0.29) is 0 Å². The molecule has 0 nitrogen and oxygen atoms in total. The molecule has 0 bridgehead atoms. The van der Waals surface area contributed by atoms with Gasteiger partial charge < -0.3 is 0 Å². The molecular formula is C24H20. The lowest BCUT2D eigenvalue weighted by Gasteiger charge is -2.40. The third kappa shape index (κ3) is 1.99. The van der Waals surface area contributed by atoms with Gasteiger partial charge in [-0.1, -0.05) is 97.2 Å². The second-order valence-electron chi connectivity index (χ2n) is 6.84. The zero-order valence-corrected chi connectivity index (χ0v) is 13.5. The predicted octanol–water partition coefficient (Wildman–Crippen LogP) is 5.56. The summed E-state index contributed by atoms with van der Waals surface area (Å²) in [4.78, 5) is 0. The van der Waals surface area contributed by atoms with Gasteiger partial charge in [0.25, 0.3) is 0 Å². The number of hydrogen-bond donors (Lipinski definition) is 0. The highest BCUT2D eigenvalue weighted by Crippen LogP contribution is 2.53. The molecule has 0 radical (unpaired) electrons. The van der Waals surface area contributed by atoms with E-state index in [4.69, 9.17) is 0 Å². The minimum Gasteiger partial charge on any atom is -0.0732 e. The summed E-state index contributed by atoms with van der Waals surface area (Å²) in [6.07, 6.45) is 36.1. The second kappa shape index (κ2) is 5.49. The molecule has 0 saturated heterocycles. The molecule has 0 heteroatoms. The van der Waals surface area contributed by atoms with Crippen LogP contribution in [0.5, 0.6) is 0 Å². The zero-order chi connectivity index (χ0) is 15.9. The molecule has 0 atom stereocenters. The quantitative estimate of drug-likeness (QED) is 0.637. The lowest BCUT2D eigenvalue weighted by Crippen LogP contribution is -2.27. The molecule has 0 fully saturated rings. The first-order chi connectivity index (χ1) is 11.9. The maximum Gasteiger partial charge on any atom is 0.0211 e. The molecule has 0 aromatic carbocycles. The summed E-state index contributed by atoms with van der Waals surface area (Å²) in [5.74, 6) is 1.71. The van der Waals surface area contributed by atoms with Crippen LogP contribution < -0.4 is 0 Å². The van der Waals surface area contributed by atoms with Gasteiger partial charge in [-0.2, -0.15) is 0 Å². The van der Waals surface area contributed by atoms with Crippen LogP contribution in [-0.4, -0.2) is 0 Å². The Balaban J connectivity index is 1.65. The van der Waals surface area contributed by atoms with Crippen LogP contribution in [0.2, 0.25) is 0 Å². The van der Waals surface area contributed by atoms with Crippen molar-refractivity contribution in [3.05, 3.63) is 120 Å². The number of allylic oxidation sites excluding steroid dienone is 20. The van der Waals surface area contributed by atoms with E-state index in [0.717, 1.165) is 0 Å². The lowest BCUT2D eigenvalue weighted by molar-refractivity contribution is 0.740. The predicted molar refractivity (Wildman–Crippen MR) is 101 cm³/mol. The van der Waals surface area contributed by atoms with Gasteiger partial charge >= 0.3 is 0 Å². The Kier molecular flexibility index (Phi) is 3.16. The third-order valence-electron chi connectivity index (χ3n) is 5.49.